The van der Waals surface area contributed by atoms with E-state index < -0.39 is 26.4 Å². The highest BCUT2D eigenvalue weighted by atomic mass is 32.2. The summed E-state index contributed by atoms with van der Waals surface area (Å²) in [7, 11) is -4.14. The molecule has 20 unspecified atom stereocenters. The molecule has 0 aromatic heterocycles. The molecular weight excluding hydrogens is 673 g/mol. The van der Waals surface area contributed by atoms with Crippen molar-refractivity contribution in [1.82, 2.24) is 42.5 Å². The Bertz CT molecular complexity index is 1350. The second kappa shape index (κ2) is 13.2. The van der Waals surface area contributed by atoms with Gasteiger partial charge in [-0.1, -0.05) is 23.9 Å². The van der Waals surface area contributed by atoms with E-state index in [2.05, 4.69) is 42.5 Å². The highest BCUT2D eigenvalue weighted by Gasteiger charge is 2.56. The molecular formula is C32H55N8O5S3-. The predicted molar refractivity (Wildman–Crippen MR) is 184 cm³/mol. The number of fused-ring (bicyclic) bond motifs is 20. The standard InChI is InChI=1S/C32H56N8O5S3/c41-47(42)15-6-9-20-23(12-15)31-35-26-18-4-2-1-3-17(18)25(33-26)34-27-19-8-5-14(46)11-22(19)30(36-27)37-29-21-10-7-16(48(43,44)45)13-24(21)32(40-29)39-28(20)38-31/h14-40,46H,1-13H2,(H,41,42)(H,43,44,45)/p-1. The maximum Gasteiger partial charge on any atom is 0.267 e. The first-order valence-electron chi connectivity index (χ1n) is 18.9. The molecule has 9 aliphatic rings. The van der Waals surface area contributed by atoms with Crippen LogP contribution in [0.3, 0.4) is 0 Å². The Kier molecular flexibility index (Phi) is 9.29. The van der Waals surface area contributed by atoms with Crippen molar-refractivity contribution in [2.24, 2.45) is 47.3 Å². The quantitative estimate of drug-likeness (QED) is 0.106. The van der Waals surface area contributed by atoms with E-state index in [-0.39, 0.29) is 78.2 Å². The Hall–Kier alpha value is 0.0500. The molecule has 5 saturated heterocycles. The number of nitrogens with one attached hydrogen (secondary N) is 8. The molecule has 9 N–H and O–H groups in total. The molecule has 9 rings (SSSR count). The molecule has 48 heavy (non-hydrogen) atoms. The fourth-order valence-electron chi connectivity index (χ4n) is 12.3. The van der Waals surface area contributed by atoms with E-state index in [0.29, 0.717) is 54.6 Å². The first kappa shape index (κ1) is 33.9. The van der Waals surface area contributed by atoms with Gasteiger partial charge in [-0.25, -0.2) is 0 Å². The molecule has 13 nitrogen and oxygen atoms in total. The van der Waals surface area contributed by atoms with Crippen molar-refractivity contribution < 1.29 is 21.7 Å². The van der Waals surface area contributed by atoms with Crippen LogP contribution in [0.5, 0.6) is 0 Å². The molecule has 4 saturated carbocycles. The van der Waals surface area contributed by atoms with Gasteiger partial charge in [-0.15, -0.1) is 0 Å². The summed E-state index contributed by atoms with van der Waals surface area (Å²) >= 11 is 2.86. The van der Waals surface area contributed by atoms with Crippen LogP contribution in [0.4, 0.5) is 0 Å². The lowest BCUT2D eigenvalue weighted by atomic mass is 9.76. The minimum atomic E-state index is -4.14. The normalized spacial score (nSPS) is 55.7. The summed E-state index contributed by atoms with van der Waals surface area (Å²) in [6.07, 6.45) is 12.2. The van der Waals surface area contributed by atoms with Gasteiger partial charge < -0.3 is 4.55 Å². The largest absolute Gasteiger partial charge is 0.772 e. The molecule has 0 radical (unpaired) electrons. The molecule has 16 heteroatoms. The molecule has 0 aromatic rings. The van der Waals surface area contributed by atoms with E-state index in [1.807, 2.05) is 0 Å². The van der Waals surface area contributed by atoms with Crippen LogP contribution in [0.15, 0.2) is 0 Å². The molecule has 272 valence electrons. The van der Waals surface area contributed by atoms with E-state index in [0.717, 1.165) is 32.1 Å². The minimum Gasteiger partial charge on any atom is -0.772 e. The summed E-state index contributed by atoms with van der Waals surface area (Å²) in [5.74, 6) is 2.61. The summed E-state index contributed by atoms with van der Waals surface area (Å²) in [5, 5.41) is 31.3. The first-order valence-corrected chi connectivity index (χ1v) is 22.1. The minimum absolute atomic E-state index is 0.0126. The third-order valence-corrected chi connectivity index (χ3v) is 17.3. The summed E-state index contributed by atoms with van der Waals surface area (Å²) in [6, 6.07) is 0. The van der Waals surface area contributed by atoms with Crippen molar-refractivity contribution in [3.05, 3.63) is 0 Å². The monoisotopic (exact) mass is 727 g/mol. The Morgan fingerprint density at radius 2 is 0.896 bits per heavy atom. The number of rotatable bonds is 2. The zero-order valence-electron chi connectivity index (χ0n) is 27.5. The maximum absolute atomic E-state index is 12.4. The molecule has 0 aromatic carbocycles. The number of hydrogen-bond donors (Lipinski definition) is 10. The lowest BCUT2D eigenvalue weighted by Crippen LogP contribution is -2.61. The average molecular weight is 728 g/mol. The summed E-state index contributed by atoms with van der Waals surface area (Å²) in [5.41, 5.74) is 0. The van der Waals surface area contributed by atoms with Gasteiger partial charge in [0.2, 0.25) is 0 Å². The van der Waals surface area contributed by atoms with Crippen molar-refractivity contribution in [3.63, 3.8) is 0 Å². The molecule has 0 spiro atoms. The van der Waals surface area contributed by atoms with Crippen molar-refractivity contribution in [1.29, 1.82) is 0 Å². The van der Waals surface area contributed by atoms with Gasteiger partial charge in [0.05, 0.1) is 54.6 Å². The van der Waals surface area contributed by atoms with Crippen LogP contribution < -0.4 is 42.5 Å². The van der Waals surface area contributed by atoms with Crippen LogP contribution in [0.25, 0.3) is 0 Å². The second-order valence-corrected chi connectivity index (χ2v) is 20.5. The highest BCUT2D eigenvalue weighted by molar-refractivity contribution is 7.86. The molecule has 8 bridgehead atoms. The van der Waals surface area contributed by atoms with Crippen LogP contribution in [-0.4, -0.2) is 86.8 Å². The van der Waals surface area contributed by atoms with Gasteiger partial charge in [-0.3, -0.25) is 51.3 Å². The van der Waals surface area contributed by atoms with E-state index in [9.17, 15) is 21.7 Å². The van der Waals surface area contributed by atoms with Crippen molar-refractivity contribution >= 4 is 33.8 Å². The zero-order chi connectivity index (χ0) is 32.9. The van der Waals surface area contributed by atoms with Crippen molar-refractivity contribution in [2.75, 3.05) is 0 Å². The van der Waals surface area contributed by atoms with Gasteiger partial charge in [-0.05, 0) is 118 Å². The Morgan fingerprint density at radius 3 is 1.35 bits per heavy atom. The van der Waals surface area contributed by atoms with E-state index in [4.69, 9.17) is 12.6 Å². The number of hydrogen-bond acceptors (Lipinski definition) is 13. The second-order valence-electron chi connectivity index (χ2n) is 16.9. The van der Waals surface area contributed by atoms with Gasteiger partial charge >= 0.3 is 0 Å². The van der Waals surface area contributed by atoms with Crippen LogP contribution in [0, 0.1) is 47.3 Å². The van der Waals surface area contributed by atoms with Gasteiger partial charge in [0, 0.05) is 10.5 Å². The Morgan fingerprint density at radius 1 is 0.521 bits per heavy atom. The third kappa shape index (κ3) is 6.07. The van der Waals surface area contributed by atoms with Gasteiger partial charge in [0.15, 0.2) is 0 Å². The summed E-state index contributed by atoms with van der Waals surface area (Å²) in [4.78, 5) is 0. The van der Waals surface area contributed by atoms with Gasteiger partial charge in [0.25, 0.3) is 10.1 Å². The molecule has 5 heterocycles. The zero-order valence-corrected chi connectivity index (χ0v) is 30.0. The van der Waals surface area contributed by atoms with Crippen LogP contribution in [-0.2, 0) is 21.2 Å². The molecule has 9 fully saturated rings. The molecule has 4 aliphatic carbocycles. The van der Waals surface area contributed by atoms with E-state index >= 15 is 0 Å². The van der Waals surface area contributed by atoms with Crippen LogP contribution in [0.2, 0.25) is 0 Å². The lowest BCUT2D eigenvalue weighted by Gasteiger charge is -2.38. The highest BCUT2D eigenvalue weighted by Crippen LogP contribution is 2.47. The Labute approximate surface area is 293 Å². The smallest absolute Gasteiger partial charge is 0.267 e. The van der Waals surface area contributed by atoms with E-state index in [1.54, 1.807) is 0 Å². The van der Waals surface area contributed by atoms with Gasteiger partial charge in [-0.2, -0.15) is 21.0 Å². The topological polar surface area (TPSA) is 191 Å². The van der Waals surface area contributed by atoms with Crippen molar-refractivity contribution in [2.45, 2.75) is 149 Å². The average Bonchev–Trinajstić information content (AvgIpc) is 3.79. The maximum atomic E-state index is 12.4. The lowest BCUT2D eigenvalue weighted by molar-refractivity contribution is 0.168. The fourth-order valence-corrected chi connectivity index (χ4v) is 14.3. The SMILES string of the molecule is O=S([O-])C1CCC2C3NC(NC4NC(NC5NC(NC6NC(N3)C3CC(S(=O)(=O)O)CCC63)C3CC(S)CCC53)C3CCCCC43)C2C1. The third-order valence-electron chi connectivity index (χ3n) is 14.6. The molecule has 5 aliphatic heterocycles. The first-order chi connectivity index (χ1) is 23.1. The van der Waals surface area contributed by atoms with Gasteiger partial charge in [0.1, 0.15) is 0 Å². The van der Waals surface area contributed by atoms with Crippen molar-refractivity contribution in [3.8, 4) is 0 Å². The predicted octanol–water partition coefficient (Wildman–Crippen LogP) is 0.238. The number of thiol groups is 1. The Balaban J connectivity index is 1.06. The van der Waals surface area contributed by atoms with Crippen LogP contribution >= 0.6 is 12.6 Å². The summed E-state index contributed by atoms with van der Waals surface area (Å²) < 4.78 is 59.3. The van der Waals surface area contributed by atoms with Crippen LogP contribution in [0.1, 0.15) is 83.5 Å². The van der Waals surface area contributed by atoms with E-state index in [1.165, 1.54) is 25.7 Å². The fraction of sp³-hybridized carbons (Fsp3) is 1.00. The molecule has 0 amide bonds. The molecule has 20 atom stereocenters. The summed E-state index contributed by atoms with van der Waals surface area (Å²) in [6.45, 7) is 0.